The van der Waals surface area contributed by atoms with E-state index < -0.39 is 0 Å². The third kappa shape index (κ3) is 2.43. The maximum absolute atomic E-state index is 6.61. The standard InChI is InChI=1S/C19H20N2/c1-12-9-13(2)18(14(3)10-12)19(20)17-6-4-5-15-11-21-8-7-16(15)17/h4-11,19H,20H2,1-3H3. The van der Waals surface area contributed by atoms with Gasteiger partial charge in [0, 0.05) is 17.8 Å². The summed E-state index contributed by atoms with van der Waals surface area (Å²) in [6, 6.07) is 12.6. The van der Waals surface area contributed by atoms with Crippen molar-refractivity contribution >= 4 is 10.8 Å². The molecular formula is C19H20N2. The van der Waals surface area contributed by atoms with Crippen LogP contribution in [0.4, 0.5) is 0 Å². The highest BCUT2D eigenvalue weighted by molar-refractivity contribution is 5.85. The second-order valence-corrected chi connectivity index (χ2v) is 5.73. The molecule has 1 aromatic heterocycles. The van der Waals surface area contributed by atoms with Crippen LogP contribution in [0.2, 0.25) is 0 Å². The lowest BCUT2D eigenvalue weighted by Gasteiger charge is -2.20. The van der Waals surface area contributed by atoms with Crippen LogP contribution in [0.5, 0.6) is 0 Å². The van der Waals surface area contributed by atoms with Crippen molar-refractivity contribution in [3.63, 3.8) is 0 Å². The second kappa shape index (κ2) is 5.30. The summed E-state index contributed by atoms with van der Waals surface area (Å²) in [6.07, 6.45) is 3.72. The first-order valence-electron chi connectivity index (χ1n) is 7.24. The van der Waals surface area contributed by atoms with Gasteiger partial charge < -0.3 is 5.73 Å². The highest BCUT2D eigenvalue weighted by Gasteiger charge is 2.16. The Labute approximate surface area is 125 Å². The van der Waals surface area contributed by atoms with Crippen LogP contribution in [-0.4, -0.2) is 4.98 Å². The molecule has 1 unspecified atom stereocenters. The summed E-state index contributed by atoms with van der Waals surface area (Å²) in [5, 5.41) is 2.31. The monoisotopic (exact) mass is 276 g/mol. The molecular weight excluding hydrogens is 256 g/mol. The van der Waals surface area contributed by atoms with E-state index in [9.17, 15) is 0 Å². The Balaban J connectivity index is 2.20. The summed E-state index contributed by atoms with van der Waals surface area (Å²) in [5.74, 6) is 0. The maximum atomic E-state index is 6.61. The van der Waals surface area contributed by atoms with Crippen LogP contribution >= 0.6 is 0 Å². The van der Waals surface area contributed by atoms with E-state index in [1.807, 2.05) is 18.5 Å². The molecule has 0 fully saturated rings. The molecule has 2 nitrogen and oxygen atoms in total. The van der Waals surface area contributed by atoms with E-state index in [-0.39, 0.29) is 6.04 Å². The molecule has 3 aromatic rings. The molecule has 0 spiro atoms. The summed E-state index contributed by atoms with van der Waals surface area (Å²) >= 11 is 0. The molecule has 2 N–H and O–H groups in total. The van der Waals surface area contributed by atoms with E-state index in [1.54, 1.807) is 0 Å². The van der Waals surface area contributed by atoms with Crippen molar-refractivity contribution in [2.45, 2.75) is 26.8 Å². The SMILES string of the molecule is Cc1cc(C)c(C(N)c2cccc3cnccc23)c(C)c1. The van der Waals surface area contributed by atoms with Crippen molar-refractivity contribution in [2.75, 3.05) is 0 Å². The topological polar surface area (TPSA) is 38.9 Å². The molecule has 0 saturated heterocycles. The number of rotatable bonds is 2. The first-order valence-corrected chi connectivity index (χ1v) is 7.24. The van der Waals surface area contributed by atoms with E-state index in [4.69, 9.17) is 5.73 Å². The number of hydrogen-bond donors (Lipinski definition) is 1. The van der Waals surface area contributed by atoms with E-state index in [0.717, 1.165) is 10.9 Å². The van der Waals surface area contributed by atoms with Crippen LogP contribution in [0, 0.1) is 20.8 Å². The zero-order valence-corrected chi connectivity index (χ0v) is 12.7. The number of benzene rings is 2. The lowest BCUT2D eigenvalue weighted by atomic mass is 9.88. The number of aromatic nitrogens is 1. The maximum Gasteiger partial charge on any atom is 0.0563 e. The Morgan fingerprint density at radius 3 is 2.43 bits per heavy atom. The minimum Gasteiger partial charge on any atom is -0.320 e. The quantitative estimate of drug-likeness (QED) is 0.761. The molecule has 0 aliphatic heterocycles. The molecule has 0 saturated carbocycles. The first kappa shape index (κ1) is 13.8. The summed E-state index contributed by atoms with van der Waals surface area (Å²) in [6.45, 7) is 6.41. The fourth-order valence-corrected chi connectivity index (χ4v) is 3.26. The van der Waals surface area contributed by atoms with Gasteiger partial charge in [-0.05, 0) is 54.5 Å². The minimum atomic E-state index is -0.114. The van der Waals surface area contributed by atoms with Crippen molar-refractivity contribution in [1.29, 1.82) is 0 Å². The highest BCUT2D eigenvalue weighted by atomic mass is 14.6. The Morgan fingerprint density at radius 1 is 1.00 bits per heavy atom. The van der Waals surface area contributed by atoms with E-state index in [1.165, 1.54) is 27.6 Å². The van der Waals surface area contributed by atoms with Gasteiger partial charge in [0.1, 0.15) is 0 Å². The van der Waals surface area contributed by atoms with Gasteiger partial charge in [0.25, 0.3) is 0 Å². The van der Waals surface area contributed by atoms with Gasteiger partial charge in [-0.15, -0.1) is 0 Å². The Hall–Kier alpha value is -2.19. The van der Waals surface area contributed by atoms with Gasteiger partial charge in [-0.3, -0.25) is 4.98 Å². The predicted molar refractivity (Wildman–Crippen MR) is 88.4 cm³/mol. The number of aryl methyl sites for hydroxylation is 3. The minimum absolute atomic E-state index is 0.114. The Bertz CT molecular complexity index is 777. The molecule has 2 aromatic carbocycles. The van der Waals surface area contributed by atoms with Crippen molar-refractivity contribution < 1.29 is 0 Å². The first-order chi connectivity index (χ1) is 10.1. The third-order valence-electron chi connectivity index (χ3n) is 4.10. The van der Waals surface area contributed by atoms with Crippen molar-refractivity contribution in [3.8, 4) is 0 Å². The Kier molecular flexibility index (Phi) is 3.48. The van der Waals surface area contributed by atoms with Gasteiger partial charge >= 0.3 is 0 Å². The number of nitrogens with zero attached hydrogens (tertiary/aromatic N) is 1. The zero-order valence-electron chi connectivity index (χ0n) is 12.7. The van der Waals surface area contributed by atoms with Crippen LogP contribution in [0.15, 0.2) is 48.8 Å². The lowest BCUT2D eigenvalue weighted by Crippen LogP contribution is -2.15. The molecule has 1 atom stereocenters. The smallest absolute Gasteiger partial charge is 0.0563 e. The van der Waals surface area contributed by atoms with E-state index in [0.29, 0.717) is 0 Å². The molecule has 0 bridgehead atoms. The van der Waals surface area contributed by atoms with Crippen molar-refractivity contribution in [3.05, 3.63) is 76.6 Å². The summed E-state index contributed by atoms with van der Waals surface area (Å²) < 4.78 is 0. The Morgan fingerprint density at radius 2 is 1.71 bits per heavy atom. The molecule has 0 amide bonds. The van der Waals surface area contributed by atoms with Crippen molar-refractivity contribution in [2.24, 2.45) is 5.73 Å². The van der Waals surface area contributed by atoms with Gasteiger partial charge in [0.2, 0.25) is 0 Å². The highest BCUT2D eigenvalue weighted by Crippen LogP contribution is 2.31. The fraction of sp³-hybridized carbons (Fsp3) is 0.211. The van der Waals surface area contributed by atoms with Gasteiger partial charge in [0.15, 0.2) is 0 Å². The largest absolute Gasteiger partial charge is 0.320 e. The van der Waals surface area contributed by atoms with Crippen LogP contribution in [0.1, 0.15) is 33.9 Å². The molecule has 1 heterocycles. The fourth-order valence-electron chi connectivity index (χ4n) is 3.26. The average molecular weight is 276 g/mol. The number of fused-ring (bicyclic) bond motifs is 1. The van der Waals surface area contributed by atoms with Gasteiger partial charge in [0.05, 0.1) is 6.04 Å². The second-order valence-electron chi connectivity index (χ2n) is 5.73. The lowest BCUT2D eigenvalue weighted by molar-refractivity contribution is 0.858. The average Bonchev–Trinajstić information content (AvgIpc) is 2.45. The molecule has 0 aliphatic carbocycles. The van der Waals surface area contributed by atoms with Gasteiger partial charge in [-0.1, -0.05) is 35.9 Å². The van der Waals surface area contributed by atoms with Crippen LogP contribution < -0.4 is 5.73 Å². The summed E-state index contributed by atoms with van der Waals surface area (Å²) in [7, 11) is 0. The van der Waals surface area contributed by atoms with Crippen LogP contribution in [0.25, 0.3) is 10.8 Å². The predicted octanol–water partition coefficient (Wildman–Crippen LogP) is 4.21. The number of hydrogen-bond acceptors (Lipinski definition) is 2. The van der Waals surface area contributed by atoms with Crippen molar-refractivity contribution in [1.82, 2.24) is 4.98 Å². The molecule has 0 aliphatic rings. The third-order valence-corrected chi connectivity index (χ3v) is 4.10. The number of nitrogens with two attached hydrogens (primary N) is 1. The normalized spacial score (nSPS) is 12.6. The van der Waals surface area contributed by atoms with Crippen LogP contribution in [0.3, 0.4) is 0 Å². The summed E-state index contributed by atoms with van der Waals surface area (Å²) in [5.41, 5.74) is 12.8. The molecule has 2 heteroatoms. The van der Waals surface area contributed by atoms with E-state index in [2.05, 4.69) is 56.1 Å². The van der Waals surface area contributed by atoms with Gasteiger partial charge in [-0.2, -0.15) is 0 Å². The van der Waals surface area contributed by atoms with E-state index >= 15 is 0 Å². The molecule has 3 rings (SSSR count). The molecule has 0 radical (unpaired) electrons. The molecule has 106 valence electrons. The van der Waals surface area contributed by atoms with Crippen LogP contribution in [-0.2, 0) is 0 Å². The van der Waals surface area contributed by atoms with Gasteiger partial charge in [-0.25, -0.2) is 0 Å². The number of pyridine rings is 1. The molecule has 21 heavy (non-hydrogen) atoms. The zero-order chi connectivity index (χ0) is 15.0. The summed E-state index contributed by atoms with van der Waals surface area (Å²) in [4.78, 5) is 4.19.